The smallest absolute Gasteiger partial charge is 0.255 e. The molecule has 0 spiro atoms. The number of anilines is 1. The van der Waals surface area contributed by atoms with Crippen LogP contribution in [0, 0.1) is 17.5 Å². The number of rotatable bonds is 5. The van der Waals surface area contributed by atoms with Crippen LogP contribution in [0.2, 0.25) is 5.02 Å². The number of hydrogen-bond donors (Lipinski definition) is 1. The molecule has 0 aliphatic rings. The van der Waals surface area contributed by atoms with Gasteiger partial charge in [-0.2, -0.15) is 0 Å². The van der Waals surface area contributed by atoms with Gasteiger partial charge in [0.2, 0.25) is 0 Å². The Balaban J connectivity index is 2.21. The van der Waals surface area contributed by atoms with Crippen LogP contribution >= 0.6 is 23.4 Å². The van der Waals surface area contributed by atoms with Crippen molar-refractivity contribution in [1.82, 2.24) is 0 Å². The lowest BCUT2D eigenvalue weighted by Gasteiger charge is -2.09. The van der Waals surface area contributed by atoms with E-state index in [9.17, 15) is 18.0 Å². The Morgan fingerprint density at radius 3 is 2.48 bits per heavy atom. The average molecular weight is 362 g/mol. The quantitative estimate of drug-likeness (QED) is 0.476. The third-order valence-electron chi connectivity index (χ3n) is 2.77. The second kappa shape index (κ2) is 7.72. The summed E-state index contributed by atoms with van der Waals surface area (Å²) in [7, 11) is 1.52. The topological polar surface area (TPSA) is 38.3 Å². The standard InChI is InChI=1S/C15H11ClF3NO2S/c1-22-7-23-13-4-8(2-3-10(13)16)15(21)20-9-5-11(17)14(19)12(18)6-9/h2-6H,7H2,1H3,(H,20,21). The molecule has 8 heteroatoms. The molecule has 3 nitrogen and oxygen atoms in total. The first kappa shape index (κ1) is 17.7. The van der Waals surface area contributed by atoms with E-state index in [2.05, 4.69) is 5.32 Å². The van der Waals surface area contributed by atoms with Gasteiger partial charge in [-0.3, -0.25) is 4.79 Å². The van der Waals surface area contributed by atoms with Crippen LogP contribution in [-0.4, -0.2) is 19.0 Å². The summed E-state index contributed by atoms with van der Waals surface area (Å²) in [6.07, 6.45) is 0. The fourth-order valence-corrected chi connectivity index (χ4v) is 2.65. The summed E-state index contributed by atoms with van der Waals surface area (Å²) in [4.78, 5) is 12.7. The van der Waals surface area contributed by atoms with Crippen molar-refractivity contribution in [3.8, 4) is 0 Å². The van der Waals surface area contributed by atoms with E-state index in [4.69, 9.17) is 16.3 Å². The highest BCUT2D eigenvalue weighted by atomic mass is 35.5. The van der Waals surface area contributed by atoms with Gasteiger partial charge < -0.3 is 10.1 Å². The lowest BCUT2D eigenvalue weighted by molar-refractivity contribution is 0.102. The van der Waals surface area contributed by atoms with Crippen molar-refractivity contribution < 1.29 is 22.7 Å². The van der Waals surface area contributed by atoms with Gasteiger partial charge >= 0.3 is 0 Å². The minimum Gasteiger partial charge on any atom is -0.374 e. The van der Waals surface area contributed by atoms with Gasteiger partial charge in [0.05, 0.1) is 11.0 Å². The summed E-state index contributed by atoms with van der Waals surface area (Å²) < 4.78 is 44.1. The Morgan fingerprint density at radius 1 is 1.22 bits per heavy atom. The molecule has 2 aromatic rings. The second-order valence-electron chi connectivity index (χ2n) is 4.40. The predicted molar refractivity (Wildman–Crippen MR) is 83.5 cm³/mol. The summed E-state index contributed by atoms with van der Waals surface area (Å²) in [6, 6.07) is 5.92. The fraction of sp³-hybridized carbons (Fsp3) is 0.133. The molecule has 1 N–H and O–H groups in total. The third kappa shape index (κ3) is 4.40. The van der Waals surface area contributed by atoms with Gasteiger partial charge in [-0.25, -0.2) is 13.2 Å². The molecular formula is C15H11ClF3NO2S. The molecule has 2 rings (SSSR count). The molecule has 0 atom stereocenters. The van der Waals surface area contributed by atoms with Crippen LogP contribution in [0.25, 0.3) is 0 Å². The van der Waals surface area contributed by atoms with Crippen molar-refractivity contribution in [3.63, 3.8) is 0 Å². The van der Waals surface area contributed by atoms with Gasteiger partial charge in [0.1, 0.15) is 0 Å². The SMILES string of the molecule is COCSc1cc(C(=O)Nc2cc(F)c(F)c(F)c2)ccc1Cl. The van der Waals surface area contributed by atoms with E-state index in [1.807, 2.05) is 0 Å². The molecule has 0 heterocycles. The maximum atomic E-state index is 13.1. The Kier molecular flexibility index (Phi) is 5.92. The number of methoxy groups -OCH3 is 1. The van der Waals surface area contributed by atoms with Crippen LogP contribution in [0.4, 0.5) is 18.9 Å². The van der Waals surface area contributed by atoms with Crippen LogP contribution < -0.4 is 5.32 Å². The first-order chi connectivity index (χ1) is 10.9. The zero-order chi connectivity index (χ0) is 17.0. The number of ether oxygens (including phenoxy) is 1. The predicted octanol–water partition coefficient (Wildman–Crippen LogP) is 4.71. The molecule has 0 aliphatic heterocycles. The van der Waals surface area contributed by atoms with Crippen LogP contribution in [0.5, 0.6) is 0 Å². The zero-order valence-corrected chi connectivity index (χ0v) is 13.4. The van der Waals surface area contributed by atoms with Crippen LogP contribution in [0.15, 0.2) is 35.2 Å². The van der Waals surface area contributed by atoms with E-state index in [-0.39, 0.29) is 11.3 Å². The highest BCUT2D eigenvalue weighted by Crippen LogP contribution is 2.28. The molecule has 2 aromatic carbocycles. The molecule has 0 aliphatic carbocycles. The van der Waals surface area contributed by atoms with E-state index >= 15 is 0 Å². The summed E-state index contributed by atoms with van der Waals surface area (Å²) in [5.41, 5.74) is 0.0468. The second-order valence-corrected chi connectivity index (χ2v) is 5.78. The number of carbonyl (C=O) groups excluding carboxylic acids is 1. The average Bonchev–Trinajstić information content (AvgIpc) is 2.51. The van der Waals surface area contributed by atoms with Gasteiger partial charge in [0, 0.05) is 35.4 Å². The molecule has 0 aromatic heterocycles. The molecule has 1 amide bonds. The van der Waals surface area contributed by atoms with Crippen molar-refractivity contribution in [2.75, 3.05) is 18.4 Å². The normalized spacial score (nSPS) is 10.7. The Hall–Kier alpha value is -1.70. The zero-order valence-electron chi connectivity index (χ0n) is 11.8. The van der Waals surface area contributed by atoms with Gasteiger partial charge in [-0.1, -0.05) is 23.4 Å². The highest BCUT2D eigenvalue weighted by Gasteiger charge is 2.14. The van der Waals surface area contributed by atoms with Gasteiger partial charge in [0.15, 0.2) is 17.5 Å². The van der Waals surface area contributed by atoms with Gasteiger partial charge in [-0.15, -0.1) is 0 Å². The maximum absolute atomic E-state index is 13.1. The largest absolute Gasteiger partial charge is 0.374 e. The summed E-state index contributed by atoms with van der Waals surface area (Å²) in [6.45, 7) is 0. The first-order valence-electron chi connectivity index (χ1n) is 6.29. The lowest BCUT2D eigenvalue weighted by Crippen LogP contribution is -2.12. The molecular weight excluding hydrogens is 351 g/mol. The van der Waals surface area contributed by atoms with E-state index < -0.39 is 23.4 Å². The molecule has 0 radical (unpaired) electrons. The molecule has 0 saturated carbocycles. The summed E-state index contributed by atoms with van der Waals surface area (Å²) >= 11 is 7.29. The Morgan fingerprint density at radius 2 is 1.87 bits per heavy atom. The molecule has 0 bridgehead atoms. The van der Waals surface area contributed by atoms with E-state index in [0.717, 1.165) is 0 Å². The number of amides is 1. The molecule has 0 saturated heterocycles. The van der Waals surface area contributed by atoms with Crippen molar-refractivity contribution in [2.45, 2.75) is 4.90 Å². The monoisotopic (exact) mass is 361 g/mol. The van der Waals surface area contributed by atoms with Crippen molar-refractivity contribution >= 4 is 35.0 Å². The number of hydrogen-bond acceptors (Lipinski definition) is 3. The lowest BCUT2D eigenvalue weighted by atomic mass is 10.2. The number of benzene rings is 2. The van der Waals surface area contributed by atoms with E-state index in [1.165, 1.54) is 37.1 Å². The maximum Gasteiger partial charge on any atom is 0.255 e. The fourth-order valence-electron chi connectivity index (χ4n) is 1.71. The van der Waals surface area contributed by atoms with Crippen LogP contribution in [-0.2, 0) is 4.74 Å². The third-order valence-corrected chi connectivity index (χ3v) is 4.21. The van der Waals surface area contributed by atoms with Crippen LogP contribution in [0.3, 0.4) is 0 Å². The van der Waals surface area contributed by atoms with Crippen LogP contribution in [0.1, 0.15) is 10.4 Å². The van der Waals surface area contributed by atoms with Gasteiger partial charge in [-0.05, 0) is 18.2 Å². The number of halogens is 4. The van der Waals surface area contributed by atoms with E-state index in [0.29, 0.717) is 28.0 Å². The van der Waals surface area contributed by atoms with Crippen molar-refractivity contribution in [3.05, 3.63) is 58.4 Å². The molecule has 122 valence electrons. The highest BCUT2D eigenvalue weighted by molar-refractivity contribution is 7.99. The van der Waals surface area contributed by atoms with Crippen molar-refractivity contribution in [1.29, 1.82) is 0 Å². The summed E-state index contributed by atoms with van der Waals surface area (Å²) in [5, 5.41) is 2.75. The first-order valence-corrected chi connectivity index (χ1v) is 7.66. The number of carbonyl (C=O) groups is 1. The molecule has 23 heavy (non-hydrogen) atoms. The minimum absolute atomic E-state index is 0.188. The Bertz CT molecular complexity index is 720. The van der Waals surface area contributed by atoms with Crippen molar-refractivity contribution in [2.24, 2.45) is 0 Å². The minimum atomic E-state index is -1.59. The molecule has 0 fully saturated rings. The van der Waals surface area contributed by atoms with E-state index in [1.54, 1.807) is 0 Å². The Labute approximate surface area is 139 Å². The summed E-state index contributed by atoms with van der Waals surface area (Å²) in [5.74, 6) is -4.61. The number of thioether (sulfide) groups is 1. The van der Waals surface area contributed by atoms with Gasteiger partial charge in [0.25, 0.3) is 5.91 Å². The molecule has 0 unspecified atom stereocenters. The number of nitrogens with one attached hydrogen (secondary N) is 1.